The SMILES string of the molecule is CCCc1nnsc1C(=O)N(C)CCCBr. The summed E-state index contributed by atoms with van der Waals surface area (Å²) in [7, 11) is 1.82. The number of aromatic nitrogens is 2. The van der Waals surface area contributed by atoms with Crippen LogP contribution in [-0.4, -0.2) is 39.3 Å². The maximum atomic E-state index is 12.0. The van der Waals surface area contributed by atoms with Crippen molar-refractivity contribution < 1.29 is 4.79 Å². The maximum Gasteiger partial charge on any atom is 0.267 e. The molecule has 0 N–H and O–H groups in total. The molecule has 0 aliphatic heterocycles. The number of amides is 1. The summed E-state index contributed by atoms with van der Waals surface area (Å²) in [6.45, 7) is 2.83. The van der Waals surface area contributed by atoms with Gasteiger partial charge in [0.25, 0.3) is 5.91 Å². The first-order valence-corrected chi connectivity index (χ1v) is 7.22. The minimum Gasteiger partial charge on any atom is -0.341 e. The van der Waals surface area contributed by atoms with Crippen LogP contribution < -0.4 is 0 Å². The van der Waals surface area contributed by atoms with Crippen molar-refractivity contribution in [3.8, 4) is 0 Å². The van der Waals surface area contributed by atoms with E-state index in [-0.39, 0.29) is 5.91 Å². The van der Waals surface area contributed by atoms with Gasteiger partial charge in [0.15, 0.2) is 0 Å². The van der Waals surface area contributed by atoms with Crippen molar-refractivity contribution in [2.75, 3.05) is 18.9 Å². The minimum absolute atomic E-state index is 0.0411. The molecule has 1 aromatic heterocycles. The van der Waals surface area contributed by atoms with Gasteiger partial charge in [-0.2, -0.15) is 0 Å². The Balaban J connectivity index is 2.67. The summed E-state index contributed by atoms with van der Waals surface area (Å²) in [5.74, 6) is 0.0411. The van der Waals surface area contributed by atoms with Crippen molar-refractivity contribution in [3.05, 3.63) is 10.6 Å². The number of nitrogens with zero attached hydrogens (tertiary/aromatic N) is 3. The highest BCUT2D eigenvalue weighted by atomic mass is 79.9. The third-order valence-electron chi connectivity index (χ3n) is 2.21. The Morgan fingerprint density at radius 1 is 1.56 bits per heavy atom. The van der Waals surface area contributed by atoms with E-state index < -0.39 is 0 Å². The third kappa shape index (κ3) is 3.52. The zero-order chi connectivity index (χ0) is 12.0. The number of aryl methyl sites for hydroxylation is 1. The normalized spacial score (nSPS) is 10.4. The predicted molar refractivity (Wildman–Crippen MR) is 69.3 cm³/mol. The van der Waals surface area contributed by atoms with Crippen LogP contribution in [0.2, 0.25) is 0 Å². The lowest BCUT2D eigenvalue weighted by molar-refractivity contribution is 0.0799. The van der Waals surface area contributed by atoms with E-state index in [1.54, 1.807) is 4.90 Å². The largest absolute Gasteiger partial charge is 0.341 e. The molecule has 0 saturated heterocycles. The number of hydrogen-bond donors (Lipinski definition) is 0. The van der Waals surface area contributed by atoms with E-state index in [0.717, 1.165) is 36.8 Å². The summed E-state index contributed by atoms with van der Waals surface area (Å²) in [5, 5.41) is 4.91. The number of alkyl halides is 1. The van der Waals surface area contributed by atoms with Crippen molar-refractivity contribution in [1.29, 1.82) is 0 Å². The second kappa shape index (κ2) is 6.96. The molecule has 1 aromatic rings. The topological polar surface area (TPSA) is 46.1 Å². The fraction of sp³-hybridized carbons (Fsp3) is 0.700. The first-order chi connectivity index (χ1) is 7.70. The second-order valence-corrected chi connectivity index (χ2v) is 5.12. The van der Waals surface area contributed by atoms with E-state index in [1.165, 1.54) is 11.5 Å². The molecule has 6 heteroatoms. The van der Waals surface area contributed by atoms with E-state index in [0.29, 0.717) is 4.88 Å². The molecule has 0 aliphatic rings. The Morgan fingerprint density at radius 3 is 2.94 bits per heavy atom. The van der Waals surface area contributed by atoms with E-state index >= 15 is 0 Å². The van der Waals surface area contributed by atoms with Crippen molar-refractivity contribution >= 4 is 33.4 Å². The average molecular weight is 306 g/mol. The van der Waals surface area contributed by atoms with Crippen LogP contribution in [0.3, 0.4) is 0 Å². The molecule has 0 fully saturated rings. The molecule has 0 aromatic carbocycles. The first-order valence-electron chi connectivity index (χ1n) is 5.33. The lowest BCUT2D eigenvalue weighted by atomic mass is 10.2. The molecule has 0 saturated carbocycles. The Hall–Kier alpha value is -0.490. The summed E-state index contributed by atoms with van der Waals surface area (Å²) >= 11 is 4.55. The molecular weight excluding hydrogens is 290 g/mol. The van der Waals surface area contributed by atoms with Crippen LogP contribution in [0.1, 0.15) is 35.1 Å². The van der Waals surface area contributed by atoms with Crippen LogP contribution in [0, 0.1) is 0 Å². The summed E-state index contributed by atoms with van der Waals surface area (Å²) < 4.78 is 3.86. The summed E-state index contributed by atoms with van der Waals surface area (Å²) in [5.41, 5.74) is 0.836. The Bertz CT molecular complexity index is 343. The van der Waals surface area contributed by atoms with Gasteiger partial charge < -0.3 is 4.90 Å². The van der Waals surface area contributed by atoms with Crippen LogP contribution in [0.5, 0.6) is 0 Å². The second-order valence-electron chi connectivity index (χ2n) is 3.57. The van der Waals surface area contributed by atoms with Gasteiger partial charge in [-0.05, 0) is 24.4 Å². The van der Waals surface area contributed by atoms with Gasteiger partial charge in [0, 0.05) is 18.9 Å². The fourth-order valence-corrected chi connectivity index (χ4v) is 2.30. The summed E-state index contributed by atoms with van der Waals surface area (Å²) in [6.07, 6.45) is 2.76. The molecule has 1 rings (SSSR count). The summed E-state index contributed by atoms with van der Waals surface area (Å²) in [6, 6.07) is 0. The highest BCUT2D eigenvalue weighted by Gasteiger charge is 2.18. The summed E-state index contributed by atoms with van der Waals surface area (Å²) in [4.78, 5) is 14.5. The maximum absolute atomic E-state index is 12.0. The fourth-order valence-electron chi connectivity index (χ4n) is 1.34. The molecule has 4 nitrogen and oxygen atoms in total. The van der Waals surface area contributed by atoms with Crippen molar-refractivity contribution in [1.82, 2.24) is 14.5 Å². The molecule has 90 valence electrons. The molecular formula is C10H16BrN3OS. The van der Waals surface area contributed by atoms with Gasteiger partial charge in [-0.25, -0.2) is 0 Å². The highest BCUT2D eigenvalue weighted by molar-refractivity contribution is 9.09. The number of carbonyl (C=O) groups excluding carboxylic acids is 1. The molecule has 1 heterocycles. The van der Waals surface area contributed by atoms with Gasteiger partial charge in [0.05, 0.1) is 5.69 Å². The van der Waals surface area contributed by atoms with E-state index in [9.17, 15) is 4.79 Å². The number of hydrogen-bond acceptors (Lipinski definition) is 4. The number of rotatable bonds is 6. The number of carbonyl (C=O) groups is 1. The number of halogens is 1. The molecule has 0 atom stereocenters. The van der Waals surface area contributed by atoms with E-state index in [4.69, 9.17) is 0 Å². The van der Waals surface area contributed by atoms with Crippen molar-refractivity contribution in [2.45, 2.75) is 26.2 Å². The van der Waals surface area contributed by atoms with Crippen LogP contribution in [-0.2, 0) is 6.42 Å². The zero-order valence-electron chi connectivity index (χ0n) is 9.57. The molecule has 0 radical (unpaired) electrons. The quantitative estimate of drug-likeness (QED) is 0.758. The predicted octanol–water partition coefficient (Wildman–Crippen LogP) is 2.35. The standard InChI is InChI=1S/C10H16BrN3OS/c1-3-5-8-9(16-13-12-8)10(15)14(2)7-4-6-11/h3-7H2,1-2H3. The van der Waals surface area contributed by atoms with Crippen molar-refractivity contribution in [2.24, 2.45) is 0 Å². The molecule has 0 spiro atoms. The van der Waals surface area contributed by atoms with Gasteiger partial charge in [0.2, 0.25) is 0 Å². The highest BCUT2D eigenvalue weighted by Crippen LogP contribution is 2.14. The molecule has 0 bridgehead atoms. The minimum atomic E-state index is 0.0411. The van der Waals surface area contributed by atoms with E-state index in [1.807, 2.05) is 7.05 Å². The smallest absolute Gasteiger partial charge is 0.267 e. The Morgan fingerprint density at radius 2 is 2.31 bits per heavy atom. The Kier molecular flexibility index (Phi) is 5.90. The first kappa shape index (κ1) is 13.6. The average Bonchev–Trinajstić information content (AvgIpc) is 2.73. The van der Waals surface area contributed by atoms with Crippen molar-refractivity contribution in [3.63, 3.8) is 0 Å². The van der Waals surface area contributed by atoms with Gasteiger partial charge in [0.1, 0.15) is 4.88 Å². The van der Waals surface area contributed by atoms with Gasteiger partial charge in [-0.15, -0.1) is 5.10 Å². The third-order valence-corrected chi connectivity index (χ3v) is 3.53. The van der Waals surface area contributed by atoms with Crippen LogP contribution in [0.25, 0.3) is 0 Å². The lowest BCUT2D eigenvalue weighted by Crippen LogP contribution is -2.28. The Labute approximate surface area is 108 Å². The molecule has 0 aliphatic carbocycles. The van der Waals surface area contributed by atoms with Gasteiger partial charge in [-0.1, -0.05) is 33.8 Å². The van der Waals surface area contributed by atoms with Gasteiger partial charge in [-0.3, -0.25) is 4.79 Å². The molecule has 0 unspecified atom stereocenters. The zero-order valence-corrected chi connectivity index (χ0v) is 12.0. The molecule has 1 amide bonds. The van der Waals surface area contributed by atoms with Crippen LogP contribution in [0.4, 0.5) is 0 Å². The monoisotopic (exact) mass is 305 g/mol. The molecule has 16 heavy (non-hydrogen) atoms. The van der Waals surface area contributed by atoms with Gasteiger partial charge >= 0.3 is 0 Å². The van der Waals surface area contributed by atoms with E-state index in [2.05, 4.69) is 32.4 Å². The van der Waals surface area contributed by atoms with Crippen LogP contribution in [0.15, 0.2) is 0 Å². The lowest BCUT2D eigenvalue weighted by Gasteiger charge is -2.15. The van der Waals surface area contributed by atoms with Crippen LogP contribution >= 0.6 is 27.5 Å².